The number of hydrogen-bond donors (Lipinski definition) is 0. The van der Waals surface area contributed by atoms with Crippen LogP contribution in [0.1, 0.15) is 48.0 Å². The molecule has 1 saturated carbocycles. The van der Waals surface area contributed by atoms with Crippen LogP contribution >= 0.6 is 0 Å². The monoisotopic (exact) mass is 409 g/mol. The van der Waals surface area contributed by atoms with Crippen LogP contribution in [-0.4, -0.2) is 48.9 Å². The Kier molecular flexibility index (Phi) is 7.60. The van der Waals surface area contributed by atoms with E-state index in [-0.39, 0.29) is 30.9 Å². The summed E-state index contributed by atoms with van der Waals surface area (Å²) in [6, 6.07) is 15.8. The van der Waals surface area contributed by atoms with Gasteiger partial charge in [-0.3, -0.25) is 9.59 Å². The number of rotatable bonds is 8. The van der Waals surface area contributed by atoms with Crippen molar-refractivity contribution in [2.24, 2.45) is 0 Å². The van der Waals surface area contributed by atoms with E-state index in [4.69, 9.17) is 9.47 Å². The third-order valence-corrected chi connectivity index (χ3v) is 5.38. The molecule has 0 atom stereocenters. The van der Waals surface area contributed by atoms with Gasteiger partial charge in [0.15, 0.2) is 19.0 Å². The minimum Gasteiger partial charge on any atom is -0.482 e. The zero-order valence-corrected chi connectivity index (χ0v) is 17.2. The van der Waals surface area contributed by atoms with Gasteiger partial charge < -0.3 is 14.4 Å². The zero-order chi connectivity index (χ0) is 21.3. The Labute approximate surface area is 176 Å². The van der Waals surface area contributed by atoms with Gasteiger partial charge in [-0.25, -0.2) is 4.79 Å². The number of esters is 1. The van der Waals surface area contributed by atoms with E-state index in [2.05, 4.69) is 0 Å². The third kappa shape index (κ3) is 5.92. The molecule has 0 radical (unpaired) electrons. The number of carbonyl (C=O) groups is 3. The minimum atomic E-state index is -0.607. The van der Waals surface area contributed by atoms with E-state index in [1.165, 1.54) is 6.42 Å². The largest absolute Gasteiger partial charge is 0.482 e. The smallest absolute Gasteiger partial charge is 0.344 e. The second kappa shape index (κ2) is 10.6. The van der Waals surface area contributed by atoms with E-state index in [0.717, 1.165) is 25.7 Å². The van der Waals surface area contributed by atoms with Crippen LogP contribution in [0.5, 0.6) is 5.75 Å². The molecule has 0 bridgehead atoms. The number of likely N-dealkylation sites (N-methyl/N-ethyl adjacent to an activating group) is 1. The first kappa shape index (κ1) is 21.6. The van der Waals surface area contributed by atoms with E-state index in [0.29, 0.717) is 16.9 Å². The van der Waals surface area contributed by atoms with Gasteiger partial charge in [-0.15, -0.1) is 0 Å². The quantitative estimate of drug-likeness (QED) is 0.492. The predicted molar refractivity (Wildman–Crippen MR) is 112 cm³/mol. The van der Waals surface area contributed by atoms with Crippen LogP contribution in [0.15, 0.2) is 54.6 Å². The second-order valence-electron chi connectivity index (χ2n) is 7.47. The molecular weight excluding hydrogens is 382 g/mol. The summed E-state index contributed by atoms with van der Waals surface area (Å²) >= 11 is 0. The standard InChI is InChI=1S/C24H27NO5/c1-25(20-10-6-3-7-11-20)22(26)16-30-23(27)17-29-21-14-12-19(13-15-21)24(28)18-8-4-2-5-9-18/h2,4-5,8-9,12-15,20H,3,6-7,10-11,16-17H2,1H3. The summed E-state index contributed by atoms with van der Waals surface area (Å²) < 4.78 is 10.5. The molecule has 0 aromatic heterocycles. The molecule has 30 heavy (non-hydrogen) atoms. The molecule has 1 amide bonds. The van der Waals surface area contributed by atoms with Crippen molar-refractivity contribution in [3.8, 4) is 5.75 Å². The normalized spacial score (nSPS) is 14.0. The van der Waals surface area contributed by atoms with Gasteiger partial charge in [0.1, 0.15) is 5.75 Å². The number of nitrogens with zero attached hydrogens (tertiary/aromatic N) is 1. The van der Waals surface area contributed by atoms with Gasteiger partial charge in [-0.05, 0) is 37.1 Å². The molecule has 0 unspecified atom stereocenters. The van der Waals surface area contributed by atoms with E-state index >= 15 is 0 Å². The fourth-order valence-electron chi connectivity index (χ4n) is 3.56. The highest BCUT2D eigenvalue weighted by molar-refractivity contribution is 6.08. The lowest BCUT2D eigenvalue weighted by Gasteiger charge is -2.31. The maximum absolute atomic E-state index is 12.4. The number of ketones is 1. The summed E-state index contributed by atoms with van der Waals surface area (Å²) in [6.07, 6.45) is 5.48. The molecule has 2 aromatic carbocycles. The predicted octanol–water partition coefficient (Wildman–Crippen LogP) is 3.63. The molecular formula is C24H27NO5. The van der Waals surface area contributed by atoms with Crippen LogP contribution in [0.3, 0.4) is 0 Å². The Morgan fingerprint density at radius 1 is 0.867 bits per heavy atom. The number of amides is 1. The Morgan fingerprint density at radius 3 is 2.17 bits per heavy atom. The summed E-state index contributed by atoms with van der Waals surface area (Å²) in [5.74, 6) is -0.437. The second-order valence-corrected chi connectivity index (χ2v) is 7.47. The highest BCUT2D eigenvalue weighted by atomic mass is 16.6. The number of benzene rings is 2. The summed E-state index contributed by atoms with van der Waals surface area (Å²) in [5, 5.41) is 0. The van der Waals surface area contributed by atoms with Crippen LogP contribution in [0.25, 0.3) is 0 Å². The third-order valence-electron chi connectivity index (χ3n) is 5.38. The highest BCUT2D eigenvalue weighted by Crippen LogP contribution is 2.21. The van der Waals surface area contributed by atoms with E-state index in [1.54, 1.807) is 48.3 Å². The lowest BCUT2D eigenvalue weighted by Crippen LogP contribution is -2.40. The molecule has 0 N–H and O–H groups in total. The summed E-state index contributed by atoms with van der Waals surface area (Å²) in [4.78, 5) is 38.2. The number of hydrogen-bond acceptors (Lipinski definition) is 5. The van der Waals surface area contributed by atoms with Crippen molar-refractivity contribution in [2.45, 2.75) is 38.1 Å². The molecule has 1 aliphatic rings. The van der Waals surface area contributed by atoms with E-state index < -0.39 is 5.97 Å². The van der Waals surface area contributed by atoms with Crippen LogP contribution < -0.4 is 4.74 Å². The molecule has 6 nitrogen and oxygen atoms in total. The first-order valence-electron chi connectivity index (χ1n) is 10.3. The Bertz CT molecular complexity index is 857. The average molecular weight is 409 g/mol. The number of carbonyl (C=O) groups excluding carboxylic acids is 3. The van der Waals surface area contributed by atoms with Crippen molar-refractivity contribution >= 4 is 17.7 Å². The van der Waals surface area contributed by atoms with Crippen LogP contribution in [0.2, 0.25) is 0 Å². The van der Waals surface area contributed by atoms with Crippen molar-refractivity contribution in [3.63, 3.8) is 0 Å². The average Bonchev–Trinajstić information content (AvgIpc) is 2.81. The maximum Gasteiger partial charge on any atom is 0.344 e. The summed E-state index contributed by atoms with van der Waals surface area (Å²) in [6.45, 7) is -0.577. The number of ether oxygens (including phenoxy) is 2. The van der Waals surface area contributed by atoms with E-state index in [9.17, 15) is 14.4 Å². The topological polar surface area (TPSA) is 72.9 Å². The van der Waals surface area contributed by atoms with Gasteiger partial charge in [-0.1, -0.05) is 49.6 Å². The molecule has 1 fully saturated rings. The summed E-state index contributed by atoms with van der Waals surface area (Å²) in [5.41, 5.74) is 1.14. The molecule has 0 spiro atoms. The molecule has 2 aromatic rings. The first-order chi connectivity index (χ1) is 14.5. The van der Waals surface area contributed by atoms with Gasteiger partial charge in [0.2, 0.25) is 0 Å². The van der Waals surface area contributed by atoms with Crippen LogP contribution in [0.4, 0.5) is 0 Å². The fraction of sp³-hybridized carbons (Fsp3) is 0.375. The van der Waals surface area contributed by atoms with Crippen LogP contribution in [0, 0.1) is 0 Å². The Balaban J connectivity index is 1.42. The minimum absolute atomic E-state index is 0.0813. The molecule has 0 aliphatic heterocycles. The first-order valence-corrected chi connectivity index (χ1v) is 10.3. The maximum atomic E-state index is 12.4. The van der Waals surface area contributed by atoms with Crippen LogP contribution in [-0.2, 0) is 14.3 Å². The van der Waals surface area contributed by atoms with E-state index in [1.807, 2.05) is 18.2 Å². The molecule has 1 aliphatic carbocycles. The van der Waals surface area contributed by atoms with Crippen molar-refractivity contribution in [1.82, 2.24) is 4.90 Å². The van der Waals surface area contributed by atoms with Gasteiger partial charge in [-0.2, -0.15) is 0 Å². The lowest BCUT2D eigenvalue weighted by molar-refractivity contribution is -0.154. The van der Waals surface area contributed by atoms with Crippen molar-refractivity contribution in [3.05, 3.63) is 65.7 Å². The molecule has 0 heterocycles. The lowest BCUT2D eigenvalue weighted by atomic mass is 9.94. The summed E-state index contributed by atoms with van der Waals surface area (Å²) in [7, 11) is 1.76. The Morgan fingerprint density at radius 2 is 1.50 bits per heavy atom. The van der Waals surface area contributed by atoms with Crippen molar-refractivity contribution < 1.29 is 23.9 Å². The van der Waals surface area contributed by atoms with Gasteiger partial charge in [0.25, 0.3) is 5.91 Å². The fourth-order valence-corrected chi connectivity index (χ4v) is 3.56. The highest BCUT2D eigenvalue weighted by Gasteiger charge is 2.22. The molecule has 6 heteroatoms. The van der Waals surface area contributed by atoms with Crippen molar-refractivity contribution in [2.75, 3.05) is 20.3 Å². The molecule has 158 valence electrons. The van der Waals surface area contributed by atoms with Gasteiger partial charge in [0.05, 0.1) is 0 Å². The Hall–Kier alpha value is -3.15. The van der Waals surface area contributed by atoms with Crippen molar-refractivity contribution in [1.29, 1.82) is 0 Å². The SMILES string of the molecule is CN(C(=O)COC(=O)COc1ccc(C(=O)c2ccccc2)cc1)C1CCCCC1. The molecule has 0 saturated heterocycles. The zero-order valence-electron chi connectivity index (χ0n) is 17.2. The molecule has 3 rings (SSSR count). The van der Waals surface area contributed by atoms with Gasteiger partial charge >= 0.3 is 5.97 Å². The van der Waals surface area contributed by atoms with Gasteiger partial charge in [0, 0.05) is 24.2 Å².